The standard InChI is InChI=1S/C14H14/c1-12-8-4-2-3-5-9-13-10-6-7-11-14(12)13/h2-11,14H,1H3/b4-2-,5-3-,12-8+,13-9+. The van der Waals surface area contributed by atoms with Gasteiger partial charge in [0.25, 0.3) is 0 Å². The molecule has 70 valence electrons. The van der Waals surface area contributed by atoms with Gasteiger partial charge in [-0.2, -0.15) is 0 Å². The first-order valence-electron chi connectivity index (χ1n) is 4.94. The fraction of sp³-hybridized carbons (Fsp3) is 0.143. The maximum absolute atomic E-state index is 2.24. The van der Waals surface area contributed by atoms with Crippen molar-refractivity contribution in [2.75, 3.05) is 0 Å². The average molecular weight is 182 g/mol. The highest BCUT2D eigenvalue weighted by Gasteiger charge is 2.11. The monoisotopic (exact) mass is 182 g/mol. The van der Waals surface area contributed by atoms with E-state index in [0.29, 0.717) is 5.92 Å². The van der Waals surface area contributed by atoms with Crippen molar-refractivity contribution >= 4 is 0 Å². The van der Waals surface area contributed by atoms with Gasteiger partial charge in [0.2, 0.25) is 0 Å². The SMILES string of the molecule is C\C1=C/C=C\C=C/C=C2\C=CC=CC12. The second-order valence-corrected chi connectivity index (χ2v) is 3.57. The molecule has 0 bridgehead atoms. The van der Waals surface area contributed by atoms with Crippen LogP contribution >= 0.6 is 0 Å². The molecule has 0 aromatic heterocycles. The van der Waals surface area contributed by atoms with E-state index in [4.69, 9.17) is 0 Å². The molecule has 0 N–H and O–H groups in total. The highest BCUT2D eigenvalue weighted by atomic mass is 14.2. The van der Waals surface area contributed by atoms with Crippen molar-refractivity contribution in [3.8, 4) is 0 Å². The maximum Gasteiger partial charge on any atom is 0.0231 e. The van der Waals surface area contributed by atoms with E-state index in [-0.39, 0.29) is 0 Å². The van der Waals surface area contributed by atoms with Crippen molar-refractivity contribution in [2.45, 2.75) is 6.92 Å². The lowest BCUT2D eigenvalue weighted by Gasteiger charge is -2.17. The topological polar surface area (TPSA) is 0 Å². The van der Waals surface area contributed by atoms with E-state index in [0.717, 1.165) is 0 Å². The number of hydrogen-bond acceptors (Lipinski definition) is 0. The van der Waals surface area contributed by atoms with Crippen LogP contribution in [-0.4, -0.2) is 0 Å². The van der Waals surface area contributed by atoms with Crippen LogP contribution in [0.25, 0.3) is 0 Å². The molecule has 0 fully saturated rings. The average Bonchev–Trinajstić information content (AvgIpc) is 2.30. The Morgan fingerprint density at radius 1 is 0.857 bits per heavy atom. The van der Waals surface area contributed by atoms with Crippen LogP contribution < -0.4 is 0 Å². The van der Waals surface area contributed by atoms with Gasteiger partial charge < -0.3 is 0 Å². The van der Waals surface area contributed by atoms with Gasteiger partial charge in [0.05, 0.1) is 0 Å². The lowest BCUT2D eigenvalue weighted by Crippen LogP contribution is -2.03. The Balaban J connectivity index is 2.42. The van der Waals surface area contributed by atoms with E-state index < -0.39 is 0 Å². The van der Waals surface area contributed by atoms with E-state index in [1.807, 2.05) is 0 Å². The minimum Gasteiger partial charge on any atom is -0.0730 e. The third-order valence-corrected chi connectivity index (χ3v) is 2.53. The zero-order chi connectivity index (χ0) is 9.80. The molecule has 0 heteroatoms. The normalized spacial score (nSPS) is 36.5. The van der Waals surface area contributed by atoms with Crippen LogP contribution in [0.15, 0.2) is 71.9 Å². The molecule has 2 aliphatic rings. The van der Waals surface area contributed by atoms with Crippen molar-refractivity contribution in [3.63, 3.8) is 0 Å². The largest absolute Gasteiger partial charge is 0.0730 e. The Morgan fingerprint density at radius 2 is 1.64 bits per heavy atom. The van der Waals surface area contributed by atoms with Gasteiger partial charge in [0.1, 0.15) is 0 Å². The summed E-state index contributed by atoms with van der Waals surface area (Å²) in [6, 6.07) is 0. The van der Waals surface area contributed by atoms with Gasteiger partial charge in [-0.15, -0.1) is 0 Å². The molecule has 0 amide bonds. The van der Waals surface area contributed by atoms with E-state index in [2.05, 4.69) is 67.7 Å². The zero-order valence-electron chi connectivity index (χ0n) is 8.35. The van der Waals surface area contributed by atoms with Crippen LogP contribution in [0.3, 0.4) is 0 Å². The predicted molar refractivity (Wildman–Crippen MR) is 61.9 cm³/mol. The Morgan fingerprint density at radius 3 is 2.50 bits per heavy atom. The first-order valence-corrected chi connectivity index (χ1v) is 4.94. The lowest BCUT2D eigenvalue weighted by atomic mass is 9.88. The van der Waals surface area contributed by atoms with Gasteiger partial charge in [-0.3, -0.25) is 0 Å². The molecule has 1 atom stereocenters. The van der Waals surface area contributed by atoms with E-state index in [1.54, 1.807) is 0 Å². The summed E-state index contributed by atoms with van der Waals surface area (Å²) >= 11 is 0. The number of rotatable bonds is 0. The minimum atomic E-state index is 0.451. The van der Waals surface area contributed by atoms with Gasteiger partial charge in [0.15, 0.2) is 0 Å². The summed E-state index contributed by atoms with van der Waals surface area (Å²) in [5.74, 6) is 0.451. The highest BCUT2D eigenvalue weighted by molar-refractivity contribution is 5.42. The Labute approximate surface area is 85.3 Å². The summed E-state index contributed by atoms with van der Waals surface area (Å²) in [7, 11) is 0. The molecule has 0 spiro atoms. The van der Waals surface area contributed by atoms with Gasteiger partial charge in [0, 0.05) is 5.92 Å². The third-order valence-electron chi connectivity index (χ3n) is 2.53. The van der Waals surface area contributed by atoms with Crippen molar-refractivity contribution in [3.05, 3.63) is 71.9 Å². The molecule has 0 saturated carbocycles. The number of allylic oxidation sites excluding steroid dienone is 12. The van der Waals surface area contributed by atoms with Crippen molar-refractivity contribution in [1.82, 2.24) is 0 Å². The van der Waals surface area contributed by atoms with E-state index in [9.17, 15) is 0 Å². The Bertz CT molecular complexity index is 384. The molecular weight excluding hydrogens is 168 g/mol. The summed E-state index contributed by atoms with van der Waals surface area (Å²) < 4.78 is 0. The van der Waals surface area contributed by atoms with Crippen molar-refractivity contribution in [1.29, 1.82) is 0 Å². The smallest absolute Gasteiger partial charge is 0.0231 e. The molecule has 14 heavy (non-hydrogen) atoms. The zero-order valence-corrected chi connectivity index (χ0v) is 8.35. The third kappa shape index (κ3) is 1.85. The molecule has 0 aromatic rings. The summed E-state index contributed by atoms with van der Waals surface area (Å²) in [6.07, 6.45) is 21.3. The summed E-state index contributed by atoms with van der Waals surface area (Å²) in [5, 5.41) is 0. The van der Waals surface area contributed by atoms with Crippen LogP contribution in [0, 0.1) is 5.92 Å². The van der Waals surface area contributed by atoms with Crippen LogP contribution in [0.4, 0.5) is 0 Å². The van der Waals surface area contributed by atoms with Crippen LogP contribution in [0.2, 0.25) is 0 Å². The molecule has 2 aliphatic carbocycles. The van der Waals surface area contributed by atoms with Gasteiger partial charge in [-0.25, -0.2) is 0 Å². The number of fused-ring (bicyclic) bond motifs is 1. The predicted octanol–water partition coefficient (Wildman–Crippen LogP) is 3.73. The minimum absolute atomic E-state index is 0.451. The van der Waals surface area contributed by atoms with Crippen molar-refractivity contribution < 1.29 is 0 Å². The summed E-state index contributed by atoms with van der Waals surface area (Å²) in [6.45, 7) is 2.18. The van der Waals surface area contributed by atoms with Crippen LogP contribution in [0.1, 0.15) is 6.92 Å². The molecule has 0 heterocycles. The fourth-order valence-electron chi connectivity index (χ4n) is 1.74. The number of hydrogen-bond donors (Lipinski definition) is 0. The van der Waals surface area contributed by atoms with Crippen LogP contribution in [-0.2, 0) is 0 Å². The fourth-order valence-corrected chi connectivity index (χ4v) is 1.74. The quantitative estimate of drug-likeness (QED) is 0.535. The molecule has 0 aliphatic heterocycles. The lowest BCUT2D eigenvalue weighted by molar-refractivity contribution is 0.912. The first-order chi connectivity index (χ1) is 6.88. The van der Waals surface area contributed by atoms with E-state index >= 15 is 0 Å². The first kappa shape index (κ1) is 9.01. The molecule has 0 aromatic carbocycles. The molecule has 0 nitrogen and oxygen atoms in total. The molecule has 1 unspecified atom stereocenters. The van der Waals surface area contributed by atoms with Gasteiger partial charge in [-0.1, -0.05) is 66.3 Å². The molecule has 0 radical (unpaired) electrons. The Kier molecular flexibility index (Phi) is 2.64. The second-order valence-electron chi connectivity index (χ2n) is 3.57. The van der Waals surface area contributed by atoms with Gasteiger partial charge >= 0.3 is 0 Å². The van der Waals surface area contributed by atoms with Gasteiger partial charge in [-0.05, 0) is 12.5 Å². The molecular formula is C14H14. The highest BCUT2D eigenvalue weighted by Crippen LogP contribution is 2.26. The van der Waals surface area contributed by atoms with Crippen molar-refractivity contribution in [2.24, 2.45) is 5.92 Å². The summed E-state index contributed by atoms with van der Waals surface area (Å²) in [5.41, 5.74) is 2.75. The second kappa shape index (κ2) is 4.10. The molecule has 2 rings (SSSR count). The Hall–Kier alpha value is -1.56. The van der Waals surface area contributed by atoms with Crippen LogP contribution in [0.5, 0.6) is 0 Å². The molecule has 0 saturated heterocycles. The summed E-state index contributed by atoms with van der Waals surface area (Å²) in [4.78, 5) is 0. The maximum atomic E-state index is 2.24. The van der Waals surface area contributed by atoms with E-state index in [1.165, 1.54) is 11.1 Å².